The summed E-state index contributed by atoms with van der Waals surface area (Å²) in [6, 6.07) is 0. The fourth-order valence-corrected chi connectivity index (χ4v) is 2.12. The Hall–Kier alpha value is -0.620. The number of sulfone groups is 1. The van der Waals surface area contributed by atoms with Gasteiger partial charge in [0.1, 0.15) is 5.25 Å². The van der Waals surface area contributed by atoms with E-state index in [4.69, 9.17) is 4.74 Å². The first-order chi connectivity index (χ1) is 7.36. The second-order valence-corrected chi connectivity index (χ2v) is 6.52. The molecule has 16 heavy (non-hydrogen) atoms. The van der Waals surface area contributed by atoms with Crippen molar-refractivity contribution in [1.29, 1.82) is 0 Å². The predicted octanol–water partition coefficient (Wildman–Crippen LogP) is 0.0569. The van der Waals surface area contributed by atoms with E-state index in [-0.39, 0.29) is 12.0 Å². The van der Waals surface area contributed by atoms with E-state index in [9.17, 15) is 13.2 Å². The summed E-state index contributed by atoms with van der Waals surface area (Å²) >= 11 is 0. The van der Waals surface area contributed by atoms with E-state index < -0.39 is 15.1 Å². The zero-order chi connectivity index (χ0) is 12.3. The maximum absolute atomic E-state index is 11.9. The molecule has 5 nitrogen and oxygen atoms in total. The first-order valence-corrected chi connectivity index (χ1v) is 7.41. The Kier molecular flexibility index (Phi) is 4.32. The van der Waals surface area contributed by atoms with Crippen LogP contribution in [0.25, 0.3) is 0 Å². The molecule has 6 heteroatoms. The van der Waals surface area contributed by atoms with Gasteiger partial charge >= 0.3 is 0 Å². The van der Waals surface area contributed by atoms with Crippen LogP contribution >= 0.6 is 0 Å². The zero-order valence-corrected chi connectivity index (χ0v) is 10.8. The largest absolute Gasteiger partial charge is 0.375 e. The molecule has 0 N–H and O–H groups in total. The van der Waals surface area contributed by atoms with E-state index in [1.165, 1.54) is 6.92 Å². The van der Waals surface area contributed by atoms with Crippen molar-refractivity contribution < 1.29 is 17.9 Å². The molecule has 2 atom stereocenters. The van der Waals surface area contributed by atoms with Gasteiger partial charge in [-0.15, -0.1) is 0 Å². The smallest absolute Gasteiger partial charge is 0.240 e. The molecule has 0 bridgehead atoms. The number of morpholine rings is 1. The quantitative estimate of drug-likeness (QED) is 0.709. The van der Waals surface area contributed by atoms with E-state index >= 15 is 0 Å². The first-order valence-electron chi connectivity index (χ1n) is 5.45. The van der Waals surface area contributed by atoms with E-state index in [0.29, 0.717) is 19.7 Å². The molecular formula is C10H19NO4S. The minimum atomic E-state index is -3.31. The van der Waals surface area contributed by atoms with Crippen molar-refractivity contribution >= 4 is 15.7 Å². The lowest BCUT2D eigenvalue weighted by Gasteiger charge is -2.33. The predicted molar refractivity (Wildman–Crippen MR) is 60.9 cm³/mol. The van der Waals surface area contributed by atoms with Crippen molar-refractivity contribution in [2.75, 3.05) is 26.0 Å². The highest BCUT2D eigenvalue weighted by Gasteiger charge is 2.31. The maximum atomic E-state index is 11.9. The molecule has 0 radical (unpaired) electrons. The summed E-state index contributed by atoms with van der Waals surface area (Å²) in [7, 11) is -3.31. The van der Waals surface area contributed by atoms with Crippen molar-refractivity contribution in [1.82, 2.24) is 4.90 Å². The van der Waals surface area contributed by atoms with Crippen molar-refractivity contribution in [3.05, 3.63) is 0 Å². The summed E-state index contributed by atoms with van der Waals surface area (Å²) in [6.07, 6.45) is 1.95. The number of hydrogen-bond donors (Lipinski definition) is 0. The number of nitrogens with zero attached hydrogens (tertiary/aromatic N) is 1. The van der Waals surface area contributed by atoms with Gasteiger partial charge in [0.05, 0.1) is 12.7 Å². The molecule has 1 rings (SSSR count). The molecule has 0 aromatic heterocycles. The monoisotopic (exact) mass is 249 g/mol. The molecule has 0 unspecified atom stereocenters. The van der Waals surface area contributed by atoms with E-state index in [0.717, 1.165) is 12.7 Å². The minimum Gasteiger partial charge on any atom is -0.375 e. The normalized spacial score (nSPS) is 24.2. The molecule has 1 amide bonds. The summed E-state index contributed by atoms with van der Waals surface area (Å²) in [5.41, 5.74) is 0. The Morgan fingerprint density at radius 3 is 2.69 bits per heavy atom. The van der Waals surface area contributed by atoms with Crippen LogP contribution in [0.4, 0.5) is 0 Å². The maximum Gasteiger partial charge on any atom is 0.240 e. The number of carbonyl (C=O) groups excluding carboxylic acids is 1. The summed E-state index contributed by atoms with van der Waals surface area (Å²) in [4.78, 5) is 13.5. The van der Waals surface area contributed by atoms with Crippen LogP contribution in [0.5, 0.6) is 0 Å². The first kappa shape index (κ1) is 13.4. The molecule has 0 aromatic rings. The van der Waals surface area contributed by atoms with Crippen LogP contribution in [0.2, 0.25) is 0 Å². The van der Waals surface area contributed by atoms with Crippen molar-refractivity contribution in [2.24, 2.45) is 0 Å². The molecule has 1 fully saturated rings. The van der Waals surface area contributed by atoms with Gasteiger partial charge in [0.2, 0.25) is 5.91 Å². The molecule has 0 aromatic carbocycles. The highest BCUT2D eigenvalue weighted by Crippen LogP contribution is 2.11. The lowest BCUT2D eigenvalue weighted by atomic mass is 10.2. The van der Waals surface area contributed by atoms with Gasteiger partial charge in [-0.25, -0.2) is 8.42 Å². The van der Waals surface area contributed by atoms with Gasteiger partial charge in [0, 0.05) is 19.3 Å². The van der Waals surface area contributed by atoms with E-state index in [1.807, 2.05) is 6.92 Å². The Balaban J connectivity index is 2.67. The van der Waals surface area contributed by atoms with Crippen LogP contribution in [-0.4, -0.2) is 56.5 Å². The highest BCUT2D eigenvalue weighted by atomic mass is 32.2. The summed E-state index contributed by atoms with van der Waals surface area (Å²) in [5.74, 6) is -0.316. The molecule has 0 spiro atoms. The fourth-order valence-electron chi connectivity index (χ4n) is 1.61. The molecular weight excluding hydrogens is 230 g/mol. The van der Waals surface area contributed by atoms with Gasteiger partial charge in [-0.3, -0.25) is 4.79 Å². The van der Waals surface area contributed by atoms with Gasteiger partial charge in [-0.1, -0.05) is 6.92 Å². The second-order valence-electron chi connectivity index (χ2n) is 4.16. The SMILES string of the molecule is CC[C@H]1CN(C(=O)[C@@H](C)S(C)(=O)=O)CCO1. The van der Waals surface area contributed by atoms with Crippen LogP contribution in [0.3, 0.4) is 0 Å². The molecule has 1 aliphatic rings. The lowest BCUT2D eigenvalue weighted by molar-refractivity contribution is -0.138. The molecule has 1 saturated heterocycles. The van der Waals surface area contributed by atoms with Gasteiger partial charge in [0.25, 0.3) is 0 Å². The van der Waals surface area contributed by atoms with Gasteiger partial charge in [-0.05, 0) is 13.3 Å². The summed E-state index contributed by atoms with van der Waals surface area (Å²) in [5, 5.41) is -0.955. The average molecular weight is 249 g/mol. The Morgan fingerprint density at radius 1 is 1.56 bits per heavy atom. The van der Waals surface area contributed by atoms with Crippen LogP contribution in [0, 0.1) is 0 Å². The average Bonchev–Trinajstić information content (AvgIpc) is 2.26. The third-order valence-electron chi connectivity index (χ3n) is 2.90. The Bertz CT molecular complexity index is 352. The van der Waals surface area contributed by atoms with Crippen LogP contribution < -0.4 is 0 Å². The van der Waals surface area contributed by atoms with E-state index in [2.05, 4.69) is 0 Å². The van der Waals surface area contributed by atoms with Gasteiger partial charge in [-0.2, -0.15) is 0 Å². The fraction of sp³-hybridized carbons (Fsp3) is 0.900. The van der Waals surface area contributed by atoms with Crippen molar-refractivity contribution in [3.63, 3.8) is 0 Å². The lowest BCUT2D eigenvalue weighted by Crippen LogP contribution is -2.49. The minimum absolute atomic E-state index is 0.0319. The van der Waals surface area contributed by atoms with Crippen molar-refractivity contribution in [3.8, 4) is 0 Å². The van der Waals surface area contributed by atoms with Crippen LogP contribution in [-0.2, 0) is 19.4 Å². The Morgan fingerprint density at radius 2 is 2.19 bits per heavy atom. The van der Waals surface area contributed by atoms with Crippen molar-refractivity contribution in [2.45, 2.75) is 31.6 Å². The van der Waals surface area contributed by atoms with Crippen LogP contribution in [0.1, 0.15) is 20.3 Å². The zero-order valence-electron chi connectivity index (χ0n) is 9.97. The molecule has 0 aliphatic carbocycles. The third kappa shape index (κ3) is 3.18. The second kappa shape index (κ2) is 5.14. The van der Waals surface area contributed by atoms with Gasteiger partial charge < -0.3 is 9.64 Å². The number of amides is 1. The van der Waals surface area contributed by atoms with E-state index in [1.54, 1.807) is 4.90 Å². The Labute approximate surface area is 96.7 Å². The molecule has 0 saturated carbocycles. The number of rotatable bonds is 3. The van der Waals surface area contributed by atoms with Crippen LogP contribution in [0.15, 0.2) is 0 Å². The standard InChI is InChI=1S/C10H19NO4S/c1-4-9-7-11(5-6-15-9)10(12)8(2)16(3,13)14/h8-9H,4-7H2,1-3H3/t8-,9+/m1/s1. The molecule has 1 heterocycles. The third-order valence-corrected chi connectivity index (χ3v) is 4.38. The number of carbonyl (C=O) groups is 1. The topological polar surface area (TPSA) is 63.7 Å². The summed E-state index contributed by atoms with van der Waals surface area (Å²) < 4.78 is 28.0. The molecule has 1 aliphatic heterocycles. The highest BCUT2D eigenvalue weighted by molar-refractivity contribution is 7.92. The van der Waals surface area contributed by atoms with Gasteiger partial charge in [0.15, 0.2) is 9.84 Å². The summed E-state index contributed by atoms with van der Waals surface area (Å²) in [6.45, 7) is 4.89. The number of ether oxygens (including phenoxy) is 1. The number of hydrogen-bond acceptors (Lipinski definition) is 4. The molecule has 94 valence electrons.